The monoisotopic (exact) mass is 371 g/mol. The number of aliphatic hydroxyl groups excluding tert-OH is 1. The minimum absolute atomic E-state index is 0.504. The third-order valence-corrected chi connectivity index (χ3v) is 5.48. The Morgan fingerprint density at radius 1 is 1.25 bits per heavy atom. The Morgan fingerprint density at radius 3 is 2.75 bits per heavy atom. The fourth-order valence-electron chi connectivity index (χ4n) is 2.32. The van der Waals surface area contributed by atoms with Crippen LogP contribution >= 0.6 is 27.5 Å². The molecule has 2 unspecified atom stereocenters. The third-order valence-electron chi connectivity index (χ3n) is 3.33. The molecule has 3 nitrogen and oxygen atoms in total. The topological polar surface area (TPSA) is 46.5 Å². The summed E-state index contributed by atoms with van der Waals surface area (Å²) in [5.74, 6) is 0. The molecule has 0 saturated carbocycles. The zero-order valence-electron chi connectivity index (χ0n) is 10.5. The lowest BCUT2D eigenvalue weighted by Gasteiger charge is -2.21. The van der Waals surface area contributed by atoms with Crippen LogP contribution in [0.2, 0.25) is 5.02 Å². The van der Waals surface area contributed by atoms with E-state index in [0.29, 0.717) is 15.5 Å². The first kappa shape index (κ1) is 14.2. The molecule has 3 rings (SSSR count). The van der Waals surface area contributed by atoms with Crippen molar-refractivity contribution in [2.45, 2.75) is 11.0 Å². The van der Waals surface area contributed by atoms with Crippen molar-refractivity contribution < 1.29 is 9.66 Å². The summed E-state index contributed by atoms with van der Waals surface area (Å²) in [6.07, 6.45) is -0.830. The zero-order chi connectivity index (χ0) is 14.4. The molecule has 6 heteroatoms. The van der Waals surface area contributed by atoms with Gasteiger partial charge < -0.3 is 9.66 Å². The summed E-state index contributed by atoms with van der Waals surface area (Å²) >= 11 is 7.99. The Kier molecular flexibility index (Phi) is 3.73. The maximum atomic E-state index is 12.6. The van der Waals surface area contributed by atoms with Crippen LogP contribution < -0.4 is 4.31 Å². The molecule has 0 fully saturated rings. The van der Waals surface area contributed by atoms with E-state index < -0.39 is 17.5 Å². The molecule has 1 N–H and O–H groups in total. The van der Waals surface area contributed by atoms with Crippen LogP contribution in [0.1, 0.15) is 17.2 Å². The van der Waals surface area contributed by atoms with E-state index in [9.17, 15) is 9.66 Å². The highest BCUT2D eigenvalue weighted by molar-refractivity contribution is 9.10. The van der Waals surface area contributed by atoms with Crippen molar-refractivity contribution in [1.82, 2.24) is 0 Å². The van der Waals surface area contributed by atoms with Crippen molar-refractivity contribution in [3.63, 3.8) is 0 Å². The number of hydrogen-bond acceptors (Lipinski definition) is 3. The number of benzene rings is 2. The van der Waals surface area contributed by atoms with Crippen molar-refractivity contribution in [2.24, 2.45) is 0 Å². The summed E-state index contributed by atoms with van der Waals surface area (Å²) in [7, 11) is 1.74. The maximum absolute atomic E-state index is 12.6. The van der Waals surface area contributed by atoms with Gasteiger partial charge in [0.25, 0.3) is 0 Å². The van der Waals surface area contributed by atoms with Gasteiger partial charge in [0.1, 0.15) is 17.5 Å². The standard InChI is InChI=1S/C14H11BrClNO2S/c1-17-12-5-2-8(15)6-11(12)14(18)10-4-3-9(16)7-13(10)20(17)19/h2-7,14,18H,1H3. The van der Waals surface area contributed by atoms with E-state index in [4.69, 9.17) is 11.6 Å². The second-order valence-corrected chi connectivity index (χ2v) is 7.37. The van der Waals surface area contributed by atoms with E-state index in [0.717, 1.165) is 15.7 Å². The van der Waals surface area contributed by atoms with Crippen LogP contribution in [-0.4, -0.2) is 16.7 Å². The highest BCUT2D eigenvalue weighted by Crippen LogP contribution is 2.41. The van der Waals surface area contributed by atoms with Crippen molar-refractivity contribution in [2.75, 3.05) is 11.4 Å². The van der Waals surface area contributed by atoms with E-state index in [1.807, 2.05) is 18.2 Å². The van der Waals surface area contributed by atoms with Crippen molar-refractivity contribution in [3.8, 4) is 0 Å². The molecule has 0 amide bonds. The van der Waals surface area contributed by atoms with E-state index in [2.05, 4.69) is 15.9 Å². The molecule has 2 aromatic rings. The molecule has 1 aliphatic rings. The number of hydrogen-bond donors (Lipinski definition) is 1. The Hall–Kier alpha value is -0.720. The Balaban J connectivity index is 2.28. The van der Waals surface area contributed by atoms with E-state index in [1.54, 1.807) is 29.6 Å². The van der Waals surface area contributed by atoms with Crippen LogP contribution in [0.25, 0.3) is 0 Å². The van der Waals surface area contributed by atoms with Gasteiger partial charge in [-0.05, 0) is 30.3 Å². The van der Waals surface area contributed by atoms with Crippen molar-refractivity contribution in [3.05, 3.63) is 57.0 Å². The van der Waals surface area contributed by atoms with Crippen LogP contribution in [0.5, 0.6) is 0 Å². The third kappa shape index (κ3) is 2.23. The molecule has 0 aliphatic carbocycles. The second kappa shape index (κ2) is 5.24. The average Bonchev–Trinajstić information content (AvgIpc) is 2.50. The van der Waals surface area contributed by atoms with Gasteiger partial charge in [0.15, 0.2) is 4.90 Å². The molecular weight excluding hydrogens is 362 g/mol. The van der Waals surface area contributed by atoms with E-state index in [1.165, 1.54) is 0 Å². The first-order valence-electron chi connectivity index (χ1n) is 5.91. The zero-order valence-corrected chi connectivity index (χ0v) is 13.7. The molecule has 104 valence electrons. The molecule has 1 aliphatic heterocycles. The molecule has 0 spiro atoms. The van der Waals surface area contributed by atoms with Gasteiger partial charge in [-0.2, -0.15) is 4.31 Å². The second-order valence-electron chi connectivity index (χ2n) is 4.53. The van der Waals surface area contributed by atoms with Crippen molar-refractivity contribution in [1.29, 1.82) is 0 Å². The summed E-state index contributed by atoms with van der Waals surface area (Å²) in [6, 6.07) is 10.6. The van der Waals surface area contributed by atoms with Crippen molar-refractivity contribution >= 4 is 44.6 Å². The van der Waals surface area contributed by atoms with Gasteiger partial charge in [0.05, 0.1) is 12.7 Å². The molecule has 0 aromatic heterocycles. The molecule has 2 atom stereocenters. The minimum Gasteiger partial charge on any atom is -0.588 e. The fraction of sp³-hybridized carbons (Fsp3) is 0.143. The molecule has 0 bridgehead atoms. The molecule has 0 radical (unpaired) electrons. The van der Waals surface area contributed by atoms with Gasteiger partial charge in [0.2, 0.25) is 0 Å². The maximum Gasteiger partial charge on any atom is 0.187 e. The SMILES string of the molecule is CN1c2ccc(Br)cc2C(O)c2ccc(Cl)cc2[S+]1[O-]. The van der Waals surface area contributed by atoms with Crippen LogP contribution in [0, 0.1) is 0 Å². The predicted molar refractivity (Wildman–Crippen MR) is 84.5 cm³/mol. The number of halogens is 2. The largest absolute Gasteiger partial charge is 0.588 e. The summed E-state index contributed by atoms with van der Waals surface area (Å²) in [5, 5.41) is 11.1. The van der Waals surface area contributed by atoms with Gasteiger partial charge in [-0.3, -0.25) is 0 Å². The first-order chi connectivity index (χ1) is 9.49. The Morgan fingerprint density at radius 2 is 2.00 bits per heavy atom. The Labute approximate surface area is 133 Å². The molecule has 2 aromatic carbocycles. The minimum atomic E-state index is -1.40. The van der Waals surface area contributed by atoms with Gasteiger partial charge >= 0.3 is 0 Å². The van der Waals surface area contributed by atoms with Crippen LogP contribution in [0.3, 0.4) is 0 Å². The predicted octanol–water partition coefficient (Wildman–Crippen LogP) is 3.66. The molecule has 1 heterocycles. The highest BCUT2D eigenvalue weighted by Gasteiger charge is 2.34. The molecule has 0 saturated heterocycles. The van der Waals surface area contributed by atoms with Gasteiger partial charge in [0, 0.05) is 26.7 Å². The van der Waals surface area contributed by atoms with Crippen LogP contribution in [0.15, 0.2) is 45.8 Å². The number of anilines is 1. The molecule has 20 heavy (non-hydrogen) atoms. The normalized spacial score (nSPS) is 21.1. The van der Waals surface area contributed by atoms with E-state index in [-0.39, 0.29) is 0 Å². The lowest BCUT2D eigenvalue weighted by Crippen LogP contribution is -2.26. The number of rotatable bonds is 0. The van der Waals surface area contributed by atoms with Crippen LogP contribution in [0.4, 0.5) is 5.69 Å². The molecular formula is C14H11BrClNO2S. The quantitative estimate of drug-likeness (QED) is 0.718. The van der Waals surface area contributed by atoms with Crippen LogP contribution in [-0.2, 0) is 11.4 Å². The van der Waals surface area contributed by atoms with E-state index >= 15 is 0 Å². The fourth-order valence-corrected chi connectivity index (χ4v) is 4.19. The van der Waals surface area contributed by atoms with Gasteiger partial charge in [-0.25, -0.2) is 0 Å². The highest BCUT2D eigenvalue weighted by atomic mass is 79.9. The van der Waals surface area contributed by atoms with Gasteiger partial charge in [-0.1, -0.05) is 27.5 Å². The Bertz CT molecular complexity index is 682. The number of aliphatic hydroxyl groups is 1. The number of nitrogens with zero attached hydrogens (tertiary/aromatic N) is 1. The summed E-state index contributed by atoms with van der Waals surface area (Å²) in [6.45, 7) is 0. The average molecular weight is 373 g/mol. The lowest BCUT2D eigenvalue weighted by atomic mass is 10.00. The number of fused-ring (bicyclic) bond motifs is 2. The summed E-state index contributed by atoms with van der Waals surface area (Å²) in [4.78, 5) is 0.542. The van der Waals surface area contributed by atoms with Gasteiger partial charge in [-0.15, -0.1) is 0 Å². The lowest BCUT2D eigenvalue weighted by molar-refractivity contribution is 0.218. The first-order valence-corrected chi connectivity index (χ1v) is 8.19. The smallest absolute Gasteiger partial charge is 0.187 e. The summed E-state index contributed by atoms with van der Waals surface area (Å²) in [5.41, 5.74) is 2.08. The summed E-state index contributed by atoms with van der Waals surface area (Å²) < 4.78 is 15.2.